The van der Waals surface area contributed by atoms with E-state index < -0.39 is 0 Å². The van der Waals surface area contributed by atoms with Gasteiger partial charge in [-0.2, -0.15) is 0 Å². The molecule has 0 spiro atoms. The van der Waals surface area contributed by atoms with E-state index in [4.69, 9.17) is 19.2 Å². The molecule has 1 N–H and O–H groups in total. The number of ether oxygens (including phenoxy) is 3. The summed E-state index contributed by atoms with van der Waals surface area (Å²) in [6.07, 6.45) is 3.40. The van der Waals surface area contributed by atoms with Gasteiger partial charge in [0.25, 0.3) is 0 Å². The monoisotopic (exact) mass is 546 g/mol. The summed E-state index contributed by atoms with van der Waals surface area (Å²) in [4.78, 5) is 9.77. The van der Waals surface area contributed by atoms with E-state index >= 15 is 0 Å². The number of hydrogen-bond donors (Lipinski definition) is 1. The first kappa shape index (κ1) is 26.2. The molecule has 0 aromatic heterocycles. The molecule has 1 aromatic carbocycles. The highest BCUT2D eigenvalue weighted by Crippen LogP contribution is 2.22. The summed E-state index contributed by atoms with van der Waals surface area (Å²) in [5.41, 5.74) is 2.55. The number of morpholine rings is 1. The van der Waals surface area contributed by atoms with Crippen molar-refractivity contribution in [2.24, 2.45) is 4.99 Å². The molecular formula is C23H39IN4O3. The average molecular weight is 546 g/mol. The number of guanidine groups is 1. The molecule has 8 heteroatoms. The Morgan fingerprint density at radius 2 is 1.87 bits per heavy atom. The lowest BCUT2D eigenvalue weighted by Crippen LogP contribution is -2.47. The van der Waals surface area contributed by atoms with Crippen molar-refractivity contribution in [3.05, 3.63) is 29.8 Å². The molecule has 0 atom stereocenters. The topological polar surface area (TPSA) is 58.6 Å². The Kier molecular flexibility index (Phi) is 12.5. The van der Waals surface area contributed by atoms with Gasteiger partial charge in [0.2, 0.25) is 0 Å². The van der Waals surface area contributed by atoms with E-state index in [1.54, 1.807) is 7.11 Å². The highest BCUT2D eigenvalue weighted by Gasteiger charge is 2.22. The van der Waals surface area contributed by atoms with Crippen LogP contribution in [0.15, 0.2) is 29.3 Å². The van der Waals surface area contributed by atoms with E-state index in [2.05, 4.69) is 46.3 Å². The van der Waals surface area contributed by atoms with E-state index in [0.29, 0.717) is 12.6 Å². The standard InChI is InChI=1S/C23H38N4O3.HI/c1-3-24-23(27-11-9-21(10-12-27)30-16-6-15-28-2)25-19-20-7-4-5-8-22(20)26-13-17-29-18-14-26;/h4-5,7-8,21H,3,6,9-19H2,1-2H3,(H,24,25);1H. The van der Waals surface area contributed by atoms with Crippen molar-refractivity contribution < 1.29 is 14.2 Å². The minimum atomic E-state index is 0. The van der Waals surface area contributed by atoms with Crippen LogP contribution in [0.1, 0.15) is 31.7 Å². The van der Waals surface area contributed by atoms with Crippen LogP contribution in [0.4, 0.5) is 5.69 Å². The maximum Gasteiger partial charge on any atom is 0.194 e. The lowest BCUT2D eigenvalue weighted by Gasteiger charge is -2.34. The van der Waals surface area contributed by atoms with Gasteiger partial charge in [0.15, 0.2) is 5.96 Å². The summed E-state index contributed by atoms with van der Waals surface area (Å²) in [6, 6.07) is 8.61. The summed E-state index contributed by atoms with van der Waals surface area (Å²) in [7, 11) is 1.74. The highest BCUT2D eigenvalue weighted by atomic mass is 127. The van der Waals surface area contributed by atoms with Gasteiger partial charge in [-0.05, 0) is 37.8 Å². The number of methoxy groups -OCH3 is 1. The number of piperidine rings is 1. The smallest absolute Gasteiger partial charge is 0.194 e. The lowest BCUT2D eigenvalue weighted by atomic mass is 10.1. The first-order chi connectivity index (χ1) is 14.8. The fourth-order valence-electron chi connectivity index (χ4n) is 4.03. The Balaban J connectivity index is 0.00000341. The number of anilines is 1. The number of hydrogen-bond acceptors (Lipinski definition) is 5. The number of nitrogens with one attached hydrogen (secondary N) is 1. The number of para-hydroxylation sites is 1. The van der Waals surface area contributed by atoms with Gasteiger partial charge in [0, 0.05) is 58.7 Å². The van der Waals surface area contributed by atoms with Gasteiger partial charge < -0.3 is 29.3 Å². The molecule has 0 radical (unpaired) electrons. The largest absolute Gasteiger partial charge is 0.385 e. The first-order valence-electron chi connectivity index (χ1n) is 11.4. The summed E-state index contributed by atoms with van der Waals surface area (Å²) < 4.78 is 16.6. The molecule has 0 unspecified atom stereocenters. The molecule has 0 aliphatic carbocycles. The molecule has 2 aliphatic rings. The maximum atomic E-state index is 6.00. The number of benzene rings is 1. The van der Waals surface area contributed by atoms with Crippen LogP contribution in [0.3, 0.4) is 0 Å². The molecule has 2 fully saturated rings. The number of aliphatic imine (C=N–C) groups is 1. The van der Waals surface area contributed by atoms with Crippen LogP contribution in [0, 0.1) is 0 Å². The van der Waals surface area contributed by atoms with Gasteiger partial charge in [-0.1, -0.05) is 18.2 Å². The molecule has 0 bridgehead atoms. The van der Waals surface area contributed by atoms with Crippen LogP contribution in [0.5, 0.6) is 0 Å². The molecule has 3 rings (SSSR count). The van der Waals surface area contributed by atoms with Crippen LogP contribution in [-0.2, 0) is 20.8 Å². The minimum Gasteiger partial charge on any atom is -0.385 e. The van der Waals surface area contributed by atoms with Crippen LogP contribution < -0.4 is 10.2 Å². The summed E-state index contributed by atoms with van der Waals surface area (Å²) in [5, 5.41) is 3.48. The second-order valence-electron chi connectivity index (χ2n) is 7.80. The molecule has 2 aliphatic heterocycles. The van der Waals surface area contributed by atoms with Gasteiger partial charge in [-0.15, -0.1) is 24.0 Å². The molecule has 1 aromatic rings. The third kappa shape index (κ3) is 8.40. The van der Waals surface area contributed by atoms with E-state index in [1.807, 2.05) is 0 Å². The number of halogens is 1. The van der Waals surface area contributed by atoms with Crippen LogP contribution >= 0.6 is 24.0 Å². The van der Waals surface area contributed by atoms with E-state index in [-0.39, 0.29) is 24.0 Å². The fourth-order valence-corrected chi connectivity index (χ4v) is 4.03. The van der Waals surface area contributed by atoms with Gasteiger partial charge >= 0.3 is 0 Å². The van der Waals surface area contributed by atoms with Crippen molar-refractivity contribution in [3.8, 4) is 0 Å². The predicted octanol–water partition coefficient (Wildman–Crippen LogP) is 3.12. The molecule has 0 amide bonds. The Bertz CT molecular complexity index is 647. The van der Waals surface area contributed by atoms with Crippen LogP contribution in [0.25, 0.3) is 0 Å². The lowest BCUT2D eigenvalue weighted by molar-refractivity contribution is 0.00990. The zero-order chi connectivity index (χ0) is 21.0. The number of nitrogens with zero attached hydrogens (tertiary/aromatic N) is 3. The fraction of sp³-hybridized carbons (Fsp3) is 0.696. The zero-order valence-electron chi connectivity index (χ0n) is 19.1. The minimum absolute atomic E-state index is 0. The SMILES string of the molecule is CCNC(=NCc1ccccc1N1CCOCC1)N1CCC(OCCCOC)CC1.I. The average Bonchev–Trinajstić information content (AvgIpc) is 2.81. The van der Waals surface area contributed by atoms with E-state index in [0.717, 1.165) is 84.4 Å². The quantitative estimate of drug-likeness (QED) is 0.223. The first-order valence-corrected chi connectivity index (χ1v) is 11.4. The van der Waals surface area contributed by atoms with Gasteiger partial charge in [-0.3, -0.25) is 0 Å². The Morgan fingerprint density at radius 1 is 1.13 bits per heavy atom. The maximum absolute atomic E-state index is 6.00. The normalized spacial score (nSPS) is 18.1. The van der Waals surface area contributed by atoms with Gasteiger partial charge in [-0.25, -0.2) is 4.99 Å². The molecule has 31 heavy (non-hydrogen) atoms. The Labute approximate surface area is 204 Å². The predicted molar refractivity (Wildman–Crippen MR) is 137 cm³/mol. The molecule has 7 nitrogen and oxygen atoms in total. The molecular weight excluding hydrogens is 507 g/mol. The summed E-state index contributed by atoms with van der Waals surface area (Å²) in [6.45, 7) is 10.7. The zero-order valence-corrected chi connectivity index (χ0v) is 21.4. The molecule has 2 heterocycles. The summed E-state index contributed by atoms with van der Waals surface area (Å²) >= 11 is 0. The summed E-state index contributed by atoms with van der Waals surface area (Å²) in [5.74, 6) is 1.01. The highest BCUT2D eigenvalue weighted by molar-refractivity contribution is 14.0. The van der Waals surface area contributed by atoms with Crippen LogP contribution in [-0.4, -0.2) is 83.2 Å². The van der Waals surface area contributed by atoms with Crippen LogP contribution in [0.2, 0.25) is 0 Å². The van der Waals surface area contributed by atoms with Crippen molar-refractivity contribution in [2.45, 2.75) is 38.8 Å². The molecule has 2 saturated heterocycles. The second kappa shape index (κ2) is 14.9. The molecule has 0 saturated carbocycles. The van der Waals surface area contributed by atoms with Gasteiger partial charge in [0.1, 0.15) is 0 Å². The Morgan fingerprint density at radius 3 is 2.58 bits per heavy atom. The Hall–Kier alpha value is -1.10. The second-order valence-corrected chi connectivity index (χ2v) is 7.80. The number of likely N-dealkylation sites (tertiary alicyclic amines) is 1. The van der Waals surface area contributed by atoms with Crippen molar-refractivity contribution >= 4 is 35.6 Å². The van der Waals surface area contributed by atoms with Crippen molar-refractivity contribution in [1.29, 1.82) is 0 Å². The van der Waals surface area contributed by atoms with Crippen molar-refractivity contribution in [2.75, 3.05) is 71.2 Å². The van der Waals surface area contributed by atoms with E-state index in [9.17, 15) is 0 Å². The third-order valence-corrected chi connectivity index (χ3v) is 5.67. The third-order valence-electron chi connectivity index (χ3n) is 5.67. The number of rotatable bonds is 9. The van der Waals surface area contributed by atoms with Crippen molar-refractivity contribution in [3.63, 3.8) is 0 Å². The van der Waals surface area contributed by atoms with E-state index in [1.165, 1.54) is 11.3 Å². The molecule has 176 valence electrons. The van der Waals surface area contributed by atoms with Gasteiger partial charge in [0.05, 0.1) is 25.9 Å². The van der Waals surface area contributed by atoms with Crippen molar-refractivity contribution in [1.82, 2.24) is 10.2 Å².